The van der Waals surface area contributed by atoms with Crippen molar-refractivity contribution in [2.24, 2.45) is 4.99 Å². The topological polar surface area (TPSA) is 77.3 Å². The molecule has 12 heteroatoms. The lowest BCUT2D eigenvalue weighted by atomic mass is 10.1. The fourth-order valence-electron chi connectivity index (χ4n) is 4.01. The highest BCUT2D eigenvalue weighted by atomic mass is 32.1. The molecule has 38 heavy (non-hydrogen) atoms. The molecule has 0 radical (unpaired) electrons. The van der Waals surface area contributed by atoms with Crippen molar-refractivity contribution in [2.75, 3.05) is 51.5 Å². The third-order valence-electron chi connectivity index (χ3n) is 5.79. The number of morpholine rings is 1. The number of benzene rings is 2. The summed E-state index contributed by atoms with van der Waals surface area (Å²) in [5.74, 6) is -0.490. The van der Waals surface area contributed by atoms with Gasteiger partial charge in [0.05, 0.1) is 24.6 Å². The summed E-state index contributed by atoms with van der Waals surface area (Å²) in [7, 11) is 1.47. The highest BCUT2D eigenvalue weighted by Crippen LogP contribution is 2.27. The first-order valence-electron chi connectivity index (χ1n) is 12.1. The summed E-state index contributed by atoms with van der Waals surface area (Å²) in [4.78, 5) is 19.4. The minimum atomic E-state index is -4.75. The molecular formula is C26H29F3N4O4S. The van der Waals surface area contributed by atoms with Crippen molar-refractivity contribution in [3.63, 3.8) is 0 Å². The smallest absolute Gasteiger partial charge is 0.406 e. The van der Waals surface area contributed by atoms with Crippen molar-refractivity contribution in [3.05, 3.63) is 58.7 Å². The number of hydrogen-bond donors (Lipinski definition) is 1. The normalized spacial score (nSPS) is 14.5. The van der Waals surface area contributed by atoms with Crippen LogP contribution >= 0.6 is 11.3 Å². The standard InChI is InChI=1S/C26H29F3N4O4S/c1-35-17-24(34)30-11-2-12-33-23(19-3-7-21(8-4-19)32-13-15-36-16-14-32)18-38-25(33)31-20-5-9-22(10-6-20)37-26(27,28)29/h3-10,18H,2,11-17H2,1H3,(H,30,34). The van der Waals surface area contributed by atoms with Gasteiger partial charge in [-0.15, -0.1) is 24.5 Å². The Hall–Kier alpha value is -3.35. The molecule has 8 nitrogen and oxygen atoms in total. The lowest BCUT2D eigenvalue weighted by molar-refractivity contribution is -0.274. The van der Waals surface area contributed by atoms with Gasteiger partial charge in [-0.1, -0.05) is 12.1 Å². The first kappa shape index (κ1) is 27.7. The number of carbonyl (C=O) groups is 1. The summed E-state index contributed by atoms with van der Waals surface area (Å²) in [6.45, 7) is 4.16. The fraction of sp³-hybridized carbons (Fsp3) is 0.385. The predicted octanol–water partition coefficient (Wildman–Crippen LogP) is 4.34. The Balaban J connectivity index is 1.57. The highest BCUT2D eigenvalue weighted by Gasteiger charge is 2.30. The summed E-state index contributed by atoms with van der Waals surface area (Å²) in [5.41, 5.74) is 3.60. The van der Waals surface area contributed by atoms with Crippen LogP contribution in [0.25, 0.3) is 11.3 Å². The summed E-state index contributed by atoms with van der Waals surface area (Å²) >= 11 is 1.44. The van der Waals surface area contributed by atoms with Gasteiger partial charge >= 0.3 is 6.36 Å². The molecule has 4 rings (SSSR count). The van der Waals surface area contributed by atoms with E-state index in [1.54, 1.807) is 0 Å². The number of thiazole rings is 1. The number of ether oxygens (including phenoxy) is 3. The molecule has 0 bridgehead atoms. The van der Waals surface area contributed by atoms with Crippen LogP contribution in [0.5, 0.6) is 5.75 Å². The molecule has 0 atom stereocenters. The maximum Gasteiger partial charge on any atom is 0.573 e. The number of anilines is 1. The average Bonchev–Trinajstić information content (AvgIpc) is 3.30. The zero-order chi connectivity index (χ0) is 27.0. The molecule has 0 unspecified atom stereocenters. The van der Waals surface area contributed by atoms with Crippen LogP contribution in [0.1, 0.15) is 6.42 Å². The number of amides is 1. The van der Waals surface area contributed by atoms with Crippen molar-refractivity contribution in [1.29, 1.82) is 0 Å². The number of methoxy groups -OCH3 is 1. The third-order valence-corrected chi connectivity index (χ3v) is 6.65. The van der Waals surface area contributed by atoms with E-state index in [-0.39, 0.29) is 18.3 Å². The molecule has 1 aliphatic rings. The van der Waals surface area contributed by atoms with Gasteiger partial charge in [0.25, 0.3) is 0 Å². The van der Waals surface area contributed by atoms with Crippen LogP contribution in [0.3, 0.4) is 0 Å². The summed E-state index contributed by atoms with van der Waals surface area (Å²) in [6.07, 6.45) is -4.10. The molecule has 1 fully saturated rings. The Morgan fingerprint density at radius 1 is 1.11 bits per heavy atom. The van der Waals surface area contributed by atoms with Gasteiger partial charge in [0.2, 0.25) is 5.91 Å². The highest BCUT2D eigenvalue weighted by molar-refractivity contribution is 7.07. The van der Waals surface area contributed by atoms with Crippen LogP contribution < -0.4 is 19.8 Å². The number of carbonyl (C=O) groups excluding carboxylic acids is 1. The van der Waals surface area contributed by atoms with Gasteiger partial charge in [-0.25, -0.2) is 4.99 Å². The monoisotopic (exact) mass is 550 g/mol. The van der Waals surface area contributed by atoms with Crippen LogP contribution in [-0.4, -0.2) is 63.4 Å². The van der Waals surface area contributed by atoms with Gasteiger partial charge in [0.1, 0.15) is 12.4 Å². The van der Waals surface area contributed by atoms with E-state index >= 15 is 0 Å². The quantitative estimate of drug-likeness (QED) is 0.380. The molecule has 1 amide bonds. The zero-order valence-electron chi connectivity index (χ0n) is 20.9. The van der Waals surface area contributed by atoms with Crippen molar-refractivity contribution < 1.29 is 32.2 Å². The second-order valence-electron chi connectivity index (χ2n) is 8.49. The molecule has 2 aromatic carbocycles. The number of alkyl halides is 3. The van der Waals surface area contributed by atoms with Gasteiger partial charge in [0, 0.05) is 44.4 Å². The molecule has 1 aromatic heterocycles. The molecule has 1 saturated heterocycles. The largest absolute Gasteiger partial charge is 0.573 e. The zero-order valence-corrected chi connectivity index (χ0v) is 21.7. The lowest BCUT2D eigenvalue weighted by Crippen LogP contribution is -2.36. The van der Waals surface area contributed by atoms with E-state index in [4.69, 9.17) is 9.47 Å². The minimum absolute atomic E-state index is 0.000959. The maximum atomic E-state index is 12.5. The van der Waals surface area contributed by atoms with Gasteiger partial charge in [0.15, 0.2) is 4.80 Å². The first-order chi connectivity index (χ1) is 18.3. The Morgan fingerprint density at radius 2 is 1.82 bits per heavy atom. The van der Waals surface area contributed by atoms with E-state index < -0.39 is 6.36 Å². The molecule has 204 valence electrons. The Labute approximate surface area is 222 Å². The summed E-state index contributed by atoms with van der Waals surface area (Å²) in [5, 5.41) is 4.82. The molecular weight excluding hydrogens is 521 g/mol. The number of nitrogens with one attached hydrogen (secondary N) is 1. The van der Waals surface area contributed by atoms with Crippen LogP contribution in [0.4, 0.5) is 24.5 Å². The van der Waals surface area contributed by atoms with Crippen molar-refractivity contribution in [2.45, 2.75) is 19.3 Å². The Kier molecular flexibility index (Phi) is 9.43. The van der Waals surface area contributed by atoms with Crippen LogP contribution in [0.15, 0.2) is 58.9 Å². The fourth-order valence-corrected chi connectivity index (χ4v) is 4.97. The van der Waals surface area contributed by atoms with Crippen molar-refractivity contribution in [3.8, 4) is 17.0 Å². The van der Waals surface area contributed by atoms with E-state index in [1.807, 2.05) is 5.38 Å². The predicted molar refractivity (Wildman–Crippen MR) is 139 cm³/mol. The van der Waals surface area contributed by atoms with Gasteiger partial charge < -0.3 is 29.0 Å². The Morgan fingerprint density at radius 3 is 2.47 bits per heavy atom. The number of rotatable bonds is 10. The first-order valence-corrected chi connectivity index (χ1v) is 13.0. The third kappa shape index (κ3) is 7.83. The van der Waals surface area contributed by atoms with Gasteiger partial charge in [-0.2, -0.15) is 0 Å². The number of halogens is 3. The second kappa shape index (κ2) is 12.9. The summed E-state index contributed by atoms with van der Waals surface area (Å²) in [6, 6.07) is 13.7. The minimum Gasteiger partial charge on any atom is -0.406 e. The SMILES string of the molecule is COCC(=O)NCCCn1c(-c2ccc(N3CCOCC3)cc2)csc1=Nc1ccc(OC(F)(F)F)cc1. The molecule has 3 aromatic rings. The van der Waals surface area contributed by atoms with E-state index in [0.717, 1.165) is 30.0 Å². The molecule has 0 aliphatic carbocycles. The summed E-state index contributed by atoms with van der Waals surface area (Å²) < 4.78 is 53.8. The van der Waals surface area contributed by atoms with Crippen LogP contribution in [0.2, 0.25) is 0 Å². The molecule has 1 aliphatic heterocycles. The van der Waals surface area contributed by atoms with E-state index in [2.05, 4.69) is 48.8 Å². The maximum absolute atomic E-state index is 12.5. The number of aromatic nitrogens is 1. The van der Waals surface area contributed by atoms with Crippen LogP contribution in [0, 0.1) is 0 Å². The molecule has 0 saturated carbocycles. The Bertz CT molecular complexity index is 1250. The van der Waals surface area contributed by atoms with Gasteiger partial charge in [-0.05, 0) is 48.4 Å². The van der Waals surface area contributed by atoms with E-state index in [0.29, 0.717) is 43.2 Å². The average molecular weight is 551 g/mol. The lowest BCUT2D eigenvalue weighted by Gasteiger charge is -2.28. The van der Waals surface area contributed by atoms with Crippen molar-refractivity contribution >= 4 is 28.6 Å². The number of hydrogen-bond acceptors (Lipinski definition) is 7. The number of nitrogens with zero attached hydrogens (tertiary/aromatic N) is 3. The van der Waals surface area contributed by atoms with Crippen LogP contribution in [-0.2, 0) is 20.8 Å². The molecule has 1 N–H and O–H groups in total. The van der Waals surface area contributed by atoms with E-state index in [1.165, 1.54) is 42.7 Å². The molecule has 2 heterocycles. The van der Waals surface area contributed by atoms with Gasteiger partial charge in [-0.3, -0.25) is 4.79 Å². The molecule has 0 spiro atoms. The van der Waals surface area contributed by atoms with E-state index in [9.17, 15) is 18.0 Å². The van der Waals surface area contributed by atoms with Crippen molar-refractivity contribution in [1.82, 2.24) is 9.88 Å². The second-order valence-corrected chi connectivity index (χ2v) is 9.33.